The van der Waals surface area contributed by atoms with Crippen LogP contribution in [0.3, 0.4) is 0 Å². The fourth-order valence-electron chi connectivity index (χ4n) is 1.33. The van der Waals surface area contributed by atoms with Gasteiger partial charge in [0.05, 0.1) is 20.6 Å². The number of rotatable bonds is 6. The van der Waals surface area contributed by atoms with Gasteiger partial charge in [-0.05, 0) is 0 Å². The molecular weight excluding hydrogens is 238 g/mol. The van der Waals surface area contributed by atoms with Gasteiger partial charge < -0.3 is 19.1 Å². The van der Waals surface area contributed by atoms with Crippen LogP contribution in [0.2, 0.25) is 0 Å². The molecule has 0 aliphatic rings. The molecule has 0 N–H and O–H groups in total. The molecule has 7 heteroatoms. The Balaban J connectivity index is 2.28. The van der Waals surface area contributed by atoms with E-state index in [1.165, 1.54) is 23.3 Å². The van der Waals surface area contributed by atoms with Crippen LogP contribution in [-0.4, -0.2) is 59.9 Å². The highest BCUT2D eigenvalue weighted by Crippen LogP contribution is 1.99. The van der Waals surface area contributed by atoms with Gasteiger partial charge in [-0.15, -0.1) is 0 Å². The number of carbonyl (C=O) groups is 2. The van der Waals surface area contributed by atoms with Crippen molar-refractivity contribution in [3.05, 3.63) is 18.7 Å². The zero-order chi connectivity index (χ0) is 13.6. The van der Waals surface area contributed by atoms with Crippen molar-refractivity contribution in [2.24, 2.45) is 0 Å². The monoisotopic (exact) mass is 255 g/mol. The van der Waals surface area contributed by atoms with Gasteiger partial charge in [0.2, 0.25) is 0 Å². The van der Waals surface area contributed by atoms with Crippen LogP contribution in [-0.2, 0) is 9.53 Å². The summed E-state index contributed by atoms with van der Waals surface area (Å²) in [6.07, 6.45) is 3.84. The third kappa shape index (κ3) is 4.96. The van der Waals surface area contributed by atoms with Crippen molar-refractivity contribution in [1.29, 1.82) is 0 Å². The summed E-state index contributed by atoms with van der Waals surface area (Å²) in [4.78, 5) is 25.5. The first-order valence-corrected chi connectivity index (χ1v) is 5.58. The number of imidazole rings is 1. The van der Waals surface area contributed by atoms with Gasteiger partial charge in [0.1, 0.15) is 19.5 Å². The number of carboxylic acids is 1. The van der Waals surface area contributed by atoms with Gasteiger partial charge >= 0.3 is 6.09 Å². The van der Waals surface area contributed by atoms with Crippen molar-refractivity contribution < 1.29 is 23.9 Å². The van der Waals surface area contributed by atoms with Crippen molar-refractivity contribution in [3.8, 4) is 0 Å². The number of likely N-dealkylation sites (N-methyl/N-ethyl adjacent to an activating group) is 1. The maximum Gasteiger partial charge on any atom is 0.419 e. The van der Waals surface area contributed by atoms with Crippen molar-refractivity contribution in [1.82, 2.24) is 9.55 Å². The SMILES string of the molecule is C[N+](C)(CCOC(=O)n1ccnc1)CCC(=O)[O-]. The lowest BCUT2D eigenvalue weighted by molar-refractivity contribution is -0.890. The second-order valence-electron chi connectivity index (χ2n) is 4.59. The maximum atomic E-state index is 11.4. The molecule has 0 amide bonds. The zero-order valence-corrected chi connectivity index (χ0v) is 10.5. The number of ether oxygens (including phenoxy) is 1. The van der Waals surface area contributed by atoms with Crippen LogP contribution in [0.25, 0.3) is 0 Å². The maximum absolute atomic E-state index is 11.4. The Labute approximate surface area is 105 Å². The Morgan fingerprint density at radius 1 is 1.39 bits per heavy atom. The third-order valence-electron chi connectivity index (χ3n) is 2.56. The fraction of sp³-hybridized carbons (Fsp3) is 0.545. The van der Waals surface area contributed by atoms with Crippen LogP contribution >= 0.6 is 0 Å². The molecule has 18 heavy (non-hydrogen) atoms. The molecule has 0 radical (unpaired) electrons. The van der Waals surface area contributed by atoms with E-state index in [2.05, 4.69) is 4.98 Å². The molecule has 7 nitrogen and oxygen atoms in total. The summed E-state index contributed by atoms with van der Waals surface area (Å²) in [5.41, 5.74) is 0. The number of carbonyl (C=O) groups excluding carboxylic acids is 2. The lowest BCUT2D eigenvalue weighted by Gasteiger charge is -2.29. The summed E-state index contributed by atoms with van der Waals surface area (Å²) in [7, 11) is 3.74. The lowest BCUT2D eigenvalue weighted by Crippen LogP contribution is -2.45. The molecule has 0 aromatic carbocycles. The average molecular weight is 255 g/mol. The molecule has 0 unspecified atom stereocenters. The van der Waals surface area contributed by atoms with Gasteiger partial charge in [0, 0.05) is 24.8 Å². The molecule has 1 rings (SSSR count). The molecule has 0 saturated heterocycles. The first-order chi connectivity index (χ1) is 8.41. The molecule has 0 atom stereocenters. The van der Waals surface area contributed by atoms with Crippen LogP contribution in [0.1, 0.15) is 6.42 Å². The van der Waals surface area contributed by atoms with Gasteiger partial charge in [-0.3, -0.25) is 0 Å². The molecule has 0 aliphatic heterocycles. The molecule has 1 heterocycles. The fourth-order valence-corrected chi connectivity index (χ4v) is 1.33. The van der Waals surface area contributed by atoms with Gasteiger partial charge in [0.15, 0.2) is 0 Å². The predicted octanol–water partition coefficient (Wildman–Crippen LogP) is -0.916. The summed E-state index contributed by atoms with van der Waals surface area (Å²) in [6.45, 7) is 1.19. The number of hydrogen-bond donors (Lipinski definition) is 0. The summed E-state index contributed by atoms with van der Waals surface area (Å²) < 4.78 is 6.72. The van der Waals surface area contributed by atoms with Crippen molar-refractivity contribution >= 4 is 12.1 Å². The molecule has 0 spiro atoms. The largest absolute Gasteiger partial charge is 0.550 e. The third-order valence-corrected chi connectivity index (χ3v) is 2.56. The van der Waals surface area contributed by atoms with Crippen molar-refractivity contribution in [2.45, 2.75) is 6.42 Å². The Kier molecular flexibility index (Phi) is 4.85. The van der Waals surface area contributed by atoms with Gasteiger partial charge in [-0.25, -0.2) is 14.3 Å². The summed E-state index contributed by atoms with van der Waals surface area (Å²) in [6, 6.07) is 0. The molecule has 0 fully saturated rings. The highest BCUT2D eigenvalue weighted by molar-refractivity contribution is 5.69. The summed E-state index contributed by atoms with van der Waals surface area (Å²) >= 11 is 0. The Bertz CT molecular complexity index is 400. The molecule has 1 aromatic rings. The van der Waals surface area contributed by atoms with E-state index in [-0.39, 0.29) is 13.0 Å². The van der Waals surface area contributed by atoms with E-state index in [0.29, 0.717) is 17.6 Å². The van der Waals surface area contributed by atoms with Crippen LogP contribution in [0, 0.1) is 0 Å². The van der Waals surface area contributed by atoms with Crippen LogP contribution in [0.4, 0.5) is 4.79 Å². The van der Waals surface area contributed by atoms with E-state index in [1.54, 1.807) is 0 Å². The number of hydrogen-bond acceptors (Lipinski definition) is 5. The number of nitrogens with zero attached hydrogens (tertiary/aromatic N) is 3. The van der Waals surface area contributed by atoms with Crippen LogP contribution < -0.4 is 5.11 Å². The zero-order valence-electron chi connectivity index (χ0n) is 10.5. The first-order valence-electron chi connectivity index (χ1n) is 5.58. The quantitative estimate of drug-likeness (QED) is 0.614. The minimum Gasteiger partial charge on any atom is -0.550 e. The normalized spacial score (nSPS) is 11.2. The predicted molar refractivity (Wildman–Crippen MR) is 60.4 cm³/mol. The molecular formula is C11H17N3O4. The lowest BCUT2D eigenvalue weighted by atomic mass is 10.3. The number of aliphatic carboxylic acids is 1. The molecule has 1 aromatic heterocycles. The van der Waals surface area contributed by atoms with E-state index >= 15 is 0 Å². The number of quaternary nitrogens is 1. The minimum absolute atomic E-state index is 0.0114. The minimum atomic E-state index is -1.07. The highest BCUT2D eigenvalue weighted by atomic mass is 16.5. The Morgan fingerprint density at radius 3 is 2.67 bits per heavy atom. The number of carboxylic acid groups (broad SMARTS) is 1. The topological polar surface area (TPSA) is 84.2 Å². The van der Waals surface area contributed by atoms with Crippen LogP contribution in [0.15, 0.2) is 18.7 Å². The van der Waals surface area contributed by atoms with Crippen molar-refractivity contribution in [3.63, 3.8) is 0 Å². The van der Waals surface area contributed by atoms with Gasteiger partial charge in [-0.1, -0.05) is 0 Å². The van der Waals surface area contributed by atoms with Gasteiger partial charge in [0.25, 0.3) is 0 Å². The Morgan fingerprint density at radius 2 is 2.11 bits per heavy atom. The summed E-state index contributed by atoms with van der Waals surface area (Å²) in [5, 5.41) is 10.4. The highest BCUT2D eigenvalue weighted by Gasteiger charge is 2.16. The summed E-state index contributed by atoms with van der Waals surface area (Å²) in [5.74, 6) is -1.07. The van der Waals surface area contributed by atoms with E-state index in [9.17, 15) is 14.7 Å². The van der Waals surface area contributed by atoms with E-state index in [1.807, 2.05) is 14.1 Å². The average Bonchev–Trinajstić information content (AvgIpc) is 2.79. The van der Waals surface area contributed by atoms with E-state index < -0.39 is 12.1 Å². The molecule has 0 aliphatic carbocycles. The molecule has 100 valence electrons. The smallest absolute Gasteiger partial charge is 0.419 e. The number of aromatic nitrogens is 2. The van der Waals surface area contributed by atoms with Gasteiger partial charge in [-0.2, -0.15) is 0 Å². The van der Waals surface area contributed by atoms with E-state index in [0.717, 1.165) is 0 Å². The van der Waals surface area contributed by atoms with Crippen molar-refractivity contribution in [2.75, 3.05) is 33.8 Å². The second-order valence-corrected chi connectivity index (χ2v) is 4.59. The first kappa shape index (κ1) is 14.2. The second kappa shape index (κ2) is 6.15. The molecule has 0 bridgehead atoms. The Hall–Kier alpha value is -1.89. The standard InChI is InChI=1S/C11H17N3O4/c1-14(2,6-3-10(15)16)7-8-18-11(17)13-5-4-12-9-13/h4-5,9H,3,6-8H2,1-2H3. The van der Waals surface area contributed by atoms with E-state index in [4.69, 9.17) is 4.74 Å². The molecule has 0 saturated carbocycles. The van der Waals surface area contributed by atoms with Crippen LogP contribution in [0.5, 0.6) is 0 Å².